The fraction of sp³-hybridized carbons (Fsp3) is 0.161. The average Bonchev–Trinajstić information content (AvgIpc) is 3.41. The molecule has 5 rings (SSSR count). The van der Waals surface area contributed by atoms with Gasteiger partial charge in [-0.15, -0.1) is 5.10 Å². The van der Waals surface area contributed by atoms with Gasteiger partial charge >= 0.3 is 0 Å². The van der Waals surface area contributed by atoms with Gasteiger partial charge in [0.25, 0.3) is 0 Å². The molecule has 8 heteroatoms. The first-order valence-corrected chi connectivity index (χ1v) is 14.3. The lowest BCUT2D eigenvalue weighted by atomic mass is 9.94. The van der Waals surface area contributed by atoms with Gasteiger partial charge < -0.3 is 5.32 Å². The van der Waals surface area contributed by atoms with Crippen LogP contribution in [0.1, 0.15) is 40.0 Å². The van der Waals surface area contributed by atoms with Gasteiger partial charge in [0.15, 0.2) is 0 Å². The van der Waals surface area contributed by atoms with Gasteiger partial charge in [0.2, 0.25) is 10.0 Å². The lowest BCUT2D eigenvalue weighted by Gasteiger charge is -2.29. The summed E-state index contributed by atoms with van der Waals surface area (Å²) in [5.74, 6) is 0. The molecule has 5 aromatic rings. The normalized spacial score (nSPS) is 13.2. The minimum absolute atomic E-state index is 0.227. The highest BCUT2D eigenvalue weighted by molar-refractivity contribution is 7.89. The van der Waals surface area contributed by atoms with Crippen LogP contribution in [0.5, 0.6) is 0 Å². The molecule has 2 atom stereocenters. The minimum Gasteiger partial charge on any atom is -0.302 e. The fourth-order valence-corrected chi connectivity index (χ4v) is 5.75. The highest BCUT2D eigenvalue weighted by atomic mass is 32.2. The SMILES string of the molecule is Cc1ccc(S(=O)(=O)N[C@H](c2ccccc2)[C@H](NCc2cn(Cc3ccccc3)nn2)c2ccccc2)cc1. The molecule has 198 valence electrons. The summed E-state index contributed by atoms with van der Waals surface area (Å²) in [6.07, 6.45) is 1.91. The third-order valence-corrected chi connectivity index (χ3v) is 8.00. The van der Waals surface area contributed by atoms with Crippen molar-refractivity contribution in [2.75, 3.05) is 0 Å². The summed E-state index contributed by atoms with van der Waals surface area (Å²) >= 11 is 0. The van der Waals surface area contributed by atoms with E-state index in [0.717, 1.165) is 27.9 Å². The topological polar surface area (TPSA) is 88.9 Å². The first kappa shape index (κ1) is 26.5. The first-order chi connectivity index (χ1) is 19.0. The van der Waals surface area contributed by atoms with Crippen LogP contribution in [0, 0.1) is 6.92 Å². The zero-order valence-electron chi connectivity index (χ0n) is 21.7. The second kappa shape index (κ2) is 12.2. The van der Waals surface area contributed by atoms with E-state index in [0.29, 0.717) is 13.1 Å². The van der Waals surface area contributed by atoms with Crippen molar-refractivity contribution in [1.82, 2.24) is 25.0 Å². The van der Waals surface area contributed by atoms with Crippen LogP contribution in [0.4, 0.5) is 0 Å². The number of aromatic nitrogens is 3. The van der Waals surface area contributed by atoms with Gasteiger partial charge in [-0.25, -0.2) is 17.8 Å². The Hall–Kier alpha value is -4.11. The molecule has 0 saturated heterocycles. The molecular formula is C31H31N5O2S. The highest BCUT2D eigenvalue weighted by Crippen LogP contribution is 2.31. The summed E-state index contributed by atoms with van der Waals surface area (Å²) in [7, 11) is -3.81. The van der Waals surface area contributed by atoms with E-state index in [1.54, 1.807) is 28.9 Å². The molecule has 7 nitrogen and oxygen atoms in total. The summed E-state index contributed by atoms with van der Waals surface area (Å²) < 4.78 is 31.9. The Morgan fingerprint density at radius 2 is 1.31 bits per heavy atom. The van der Waals surface area contributed by atoms with Crippen molar-refractivity contribution >= 4 is 10.0 Å². The second-order valence-electron chi connectivity index (χ2n) is 9.49. The van der Waals surface area contributed by atoms with Gasteiger partial charge in [0.05, 0.1) is 35.4 Å². The predicted molar refractivity (Wildman–Crippen MR) is 152 cm³/mol. The highest BCUT2D eigenvalue weighted by Gasteiger charge is 2.30. The van der Waals surface area contributed by atoms with E-state index in [1.807, 2.05) is 92.0 Å². The molecule has 0 aliphatic rings. The maximum atomic E-state index is 13.5. The summed E-state index contributed by atoms with van der Waals surface area (Å²) in [6, 6.07) is 35.5. The Balaban J connectivity index is 1.43. The van der Waals surface area contributed by atoms with Gasteiger partial charge in [0.1, 0.15) is 0 Å². The van der Waals surface area contributed by atoms with Gasteiger partial charge in [0, 0.05) is 6.54 Å². The Labute approximate surface area is 229 Å². The Kier molecular flexibility index (Phi) is 8.27. The van der Waals surface area contributed by atoms with Crippen molar-refractivity contribution in [3.8, 4) is 0 Å². The smallest absolute Gasteiger partial charge is 0.241 e. The molecular weight excluding hydrogens is 506 g/mol. The molecule has 0 spiro atoms. The van der Waals surface area contributed by atoms with Crippen LogP contribution in [0.3, 0.4) is 0 Å². The van der Waals surface area contributed by atoms with E-state index in [1.165, 1.54) is 0 Å². The van der Waals surface area contributed by atoms with E-state index in [2.05, 4.69) is 32.5 Å². The van der Waals surface area contributed by atoms with Crippen molar-refractivity contribution < 1.29 is 8.42 Å². The quantitative estimate of drug-likeness (QED) is 0.242. The van der Waals surface area contributed by atoms with Crippen molar-refractivity contribution in [3.63, 3.8) is 0 Å². The molecule has 1 heterocycles. The summed E-state index contributed by atoms with van der Waals surface area (Å²) in [5.41, 5.74) is 4.70. The summed E-state index contributed by atoms with van der Waals surface area (Å²) in [4.78, 5) is 0.227. The van der Waals surface area contributed by atoms with Gasteiger partial charge in [-0.2, -0.15) is 0 Å². The van der Waals surface area contributed by atoms with Crippen molar-refractivity contribution in [3.05, 3.63) is 149 Å². The number of rotatable bonds is 11. The Morgan fingerprint density at radius 1 is 0.744 bits per heavy atom. The molecule has 0 bridgehead atoms. The number of hydrogen-bond donors (Lipinski definition) is 2. The molecule has 0 aliphatic carbocycles. The lowest BCUT2D eigenvalue weighted by molar-refractivity contribution is 0.419. The average molecular weight is 538 g/mol. The third kappa shape index (κ3) is 6.86. The van der Waals surface area contributed by atoms with E-state index in [9.17, 15) is 8.42 Å². The molecule has 1 aromatic heterocycles. The van der Waals surface area contributed by atoms with Gasteiger partial charge in [-0.05, 0) is 35.7 Å². The number of nitrogens with one attached hydrogen (secondary N) is 2. The summed E-state index contributed by atoms with van der Waals surface area (Å²) in [6.45, 7) is 2.96. The van der Waals surface area contributed by atoms with Gasteiger partial charge in [-0.1, -0.05) is 114 Å². The molecule has 0 radical (unpaired) electrons. The van der Waals surface area contributed by atoms with Crippen LogP contribution in [-0.4, -0.2) is 23.4 Å². The maximum absolute atomic E-state index is 13.5. The van der Waals surface area contributed by atoms with E-state index >= 15 is 0 Å². The van der Waals surface area contributed by atoms with E-state index in [4.69, 9.17) is 0 Å². The third-order valence-electron chi connectivity index (χ3n) is 6.54. The van der Waals surface area contributed by atoms with E-state index < -0.39 is 16.1 Å². The zero-order chi connectivity index (χ0) is 27.1. The molecule has 0 amide bonds. The number of aryl methyl sites for hydroxylation is 1. The molecule has 2 N–H and O–H groups in total. The largest absolute Gasteiger partial charge is 0.302 e. The predicted octanol–water partition coefficient (Wildman–Crippen LogP) is 5.19. The number of sulfonamides is 1. The van der Waals surface area contributed by atoms with E-state index in [-0.39, 0.29) is 10.9 Å². The fourth-order valence-electron chi connectivity index (χ4n) is 4.51. The van der Waals surface area contributed by atoms with Crippen LogP contribution >= 0.6 is 0 Å². The Morgan fingerprint density at radius 3 is 1.92 bits per heavy atom. The molecule has 0 unspecified atom stereocenters. The zero-order valence-corrected chi connectivity index (χ0v) is 22.5. The molecule has 0 aliphatic heterocycles. The monoisotopic (exact) mass is 537 g/mol. The lowest BCUT2D eigenvalue weighted by Crippen LogP contribution is -2.38. The molecule has 0 saturated carbocycles. The molecule has 4 aromatic carbocycles. The molecule has 0 fully saturated rings. The van der Waals surface area contributed by atoms with Crippen LogP contribution < -0.4 is 10.0 Å². The number of benzene rings is 4. The van der Waals surface area contributed by atoms with Crippen LogP contribution in [0.15, 0.2) is 126 Å². The van der Waals surface area contributed by atoms with Crippen molar-refractivity contribution in [2.24, 2.45) is 0 Å². The number of hydrogen-bond acceptors (Lipinski definition) is 5. The van der Waals surface area contributed by atoms with Gasteiger partial charge in [-0.3, -0.25) is 0 Å². The van der Waals surface area contributed by atoms with Crippen molar-refractivity contribution in [2.45, 2.75) is 37.0 Å². The summed E-state index contributed by atoms with van der Waals surface area (Å²) in [5, 5.41) is 12.2. The van der Waals surface area contributed by atoms with Crippen molar-refractivity contribution in [1.29, 1.82) is 0 Å². The van der Waals surface area contributed by atoms with Crippen LogP contribution in [0.2, 0.25) is 0 Å². The van der Waals surface area contributed by atoms with Crippen LogP contribution in [0.25, 0.3) is 0 Å². The minimum atomic E-state index is -3.81. The molecule has 39 heavy (non-hydrogen) atoms. The second-order valence-corrected chi connectivity index (χ2v) is 11.2. The van der Waals surface area contributed by atoms with Crippen LogP contribution in [-0.2, 0) is 23.1 Å². The number of nitrogens with zero attached hydrogens (tertiary/aromatic N) is 3. The first-order valence-electron chi connectivity index (χ1n) is 12.8. The Bertz CT molecular complexity index is 1570. The maximum Gasteiger partial charge on any atom is 0.241 e. The standard InChI is InChI=1S/C31H31N5O2S/c1-24-17-19-29(20-18-24)39(37,38)34-31(27-15-9-4-10-16-27)30(26-13-7-3-8-14-26)32-21-28-23-36(35-33-28)22-25-11-5-2-6-12-25/h2-20,23,30-32,34H,21-22H2,1H3/t30-,31-/m1/s1.